The molecule has 0 saturated heterocycles. The lowest BCUT2D eigenvalue weighted by atomic mass is 10.2. The molecule has 104 valence electrons. The molecule has 0 radical (unpaired) electrons. The van der Waals surface area contributed by atoms with Crippen molar-refractivity contribution in [3.05, 3.63) is 54.0 Å². The van der Waals surface area contributed by atoms with Crippen LogP contribution < -0.4 is 4.72 Å². The largest absolute Gasteiger partial charge is 0.478 e. The molecule has 1 aromatic carbocycles. The van der Waals surface area contributed by atoms with Crippen LogP contribution in [0.5, 0.6) is 0 Å². The predicted molar refractivity (Wildman–Crippen MR) is 68.4 cm³/mol. The molecule has 2 aromatic rings. The summed E-state index contributed by atoms with van der Waals surface area (Å²) in [5, 5.41) is 8.46. The first-order chi connectivity index (χ1) is 9.40. The smallest absolute Gasteiger partial charge is 0.338 e. The van der Waals surface area contributed by atoms with Crippen LogP contribution in [0.4, 0.5) is 10.1 Å². The second-order valence-corrected chi connectivity index (χ2v) is 5.40. The molecule has 0 amide bonds. The summed E-state index contributed by atoms with van der Waals surface area (Å²) in [4.78, 5) is 14.3. The molecule has 0 aliphatic rings. The number of carboxylic acid groups (broad SMARTS) is 1. The van der Waals surface area contributed by atoms with Gasteiger partial charge in [-0.2, -0.15) is 8.42 Å². The number of hydrogen-bond donors (Lipinski definition) is 2. The van der Waals surface area contributed by atoms with Gasteiger partial charge in [-0.1, -0.05) is 6.07 Å². The van der Waals surface area contributed by atoms with Crippen molar-refractivity contribution < 1.29 is 22.7 Å². The fraction of sp³-hybridized carbons (Fsp3) is 0. The number of nitrogens with zero attached hydrogens (tertiary/aromatic N) is 1. The summed E-state index contributed by atoms with van der Waals surface area (Å²) >= 11 is 0. The molecule has 0 unspecified atom stereocenters. The Balaban J connectivity index is 2.31. The summed E-state index contributed by atoms with van der Waals surface area (Å²) in [7, 11) is -3.94. The number of carbonyl (C=O) groups is 1. The maximum atomic E-state index is 13.4. The van der Waals surface area contributed by atoms with Crippen molar-refractivity contribution in [2.75, 3.05) is 4.72 Å². The van der Waals surface area contributed by atoms with Gasteiger partial charge < -0.3 is 5.11 Å². The lowest BCUT2D eigenvalue weighted by Gasteiger charge is -2.08. The summed E-state index contributed by atoms with van der Waals surface area (Å²) in [5.41, 5.74) is -0.621. The van der Waals surface area contributed by atoms with Crippen LogP contribution >= 0.6 is 0 Å². The Morgan fingerprint density at radius 3 is 2.55 bits per heavy atom. The molecule has 2 N–H and O–H groups in total. The quantitative estimate of drug-likeness (QED) is 0.895. The summed E-state index contributed by atoms with van der Waals surface area (Å²) in [6.07, 6.45) is 1.31. The molecule has 0 saturated carbocycles. The zero-order chi connectivity index (χ0) is 14.8. The molecule has 0 atom stereocenters. The zero-order valence-electron chi connectivity index (χ0n) is 9.95. The second-order valence-electron chi connectivity index (χ2n) is 3.77. The number of rotatable bonds is 4. The number of halogens is 1. The number of anilines is 1. The number of sulfonamides is 1. The average Bonchev–Trinajstić information content (AvgIpc) is 2.39. The monoisotopic (exact) mass is 296 g/mol. The van der Waals surface area contributed by atoms with E-state index in [9.17, 15) is 17.6 Å². The van der Waals surface area contributed by atoms with E-state index in [1.165, 1.54) is 18.3 Å². The third-order valence-electron chi connectivity index (χ3n) is 2.36. The van der Waals surface area contributed by atoms with Gasteiger partial charge in [-0.3, -0.25) is 4.72 Å². The number of nitrogens with one attached hydrogen (secondary N) is 1. The number of aromatic carboxylic acids is 1. The second kappa shape index (κ2) is 5.25. The standard InChI is InChI=1S/C12H9FN2O4S/c13-10-7-8(4-5-9(10)12(16)17)15-20(18,19)11-3-1-2-6-14-11/h1-7,15H,(H,16,17). The fourth-order valence-corrected chi connectivity index (χ4v) is 2.46. The predicted octanol–water partition coefficient (Wildman–Crippen LogP) is 1.72. The van der Waals surface area contributed by atoms with E-state index in [4.69, 9.17) is 5.11 Å². The zero-order valence-corrected chi connectivity index (χ0v) is 10.8. The van der Waals surface area contributed by atoms with Crippen LogP contribution in [-0.2, 0) is 10.0 Å². The van der Waals surface area contributed by atoms with E-state index in [0.717, 1.165) is 18.2 Å². The van der Waals surface area contributed by atoms with E-state index in [2.05, 4.69) is 9.71 Å². The highest BCUT2D eigenvalue weighted by atomic mass is 32.2. The van der Waals surface area contributed by atoms with Crippen molar-refractivity contribution in [3.63, 3.8) is 0 Å². The number of pyridine rings is 1. The van der Waals surface area contributed by atoms with E-state index in [1.54, 1.807) is 6.07 Å². The van der Waals surface area contributed by atoms with Gasteiger partial charge >= 0.3 is 5.97 Å². The number of aromatic nitrogens is 1. The van der Waals surface area contributed by atoms with Gasteiger partial charge in [0, 0.05) is 6.20 Å². The normalized spacial score (nSPS) is 11.1. The highest BCUT2D eigenvalue weighted by Crippen LogP contribution is 2.18. The number of benzene rings is 1. The van der Waals surface area contributed by atoms with Crippen molar-refractivity contribution in [1.29, 1.82) is 0 Å². The Kier molecular flexibility index (Phi) is 3.66. The molecule has 6 nitrogen and oxygen atoms in total. The van der Waals surface area contributed by atoms with Crippen LogP contribution in [0.2, 0.25) is 0 Å². The minimum atomic E-state index is -3.94. The average molecular weight is 296 g/mol. The van der Waals surface area contributed by atoms with E-state index in [-0.39, 0.29) is 10.7 Å². The molecule has 0 aliphatic heterocycles. The van der Waals surface area contributed by atoms with Gasteiger partial charge in [0.25, 0.3) is 10.0 Å². The van der Waals surface area contributed by atoms with Crippen LogP contribution in [0.1, 0.15) is 10.4 Å². The minimum Gasteiger partial charge on any atom is -0.478 e. The molecule has 0 aliphatic carbocycles. The van der Waals surface area contributed by atoms with Gasteiger partial charge in [0.05, 0.1) is 11.3 Å². The van der Waals surface area contributed by atoms with Crippen molar-refractivity contribution in [2.45, 2.75) is 5.03 Å². The Hall–Kier alpha value is -2.48. The van der Waals surface area contributed by atoms with Gasteiger partial charge in [-0.05, 0) is 30.3 Å². The highest BCUT2D eigenvalue weighted by Gasteiger charge is 2.17. The van der Waals surface area contributed by atoms with Gasteiger partial charge in [0.15, 0.2) is 5.03 Å². The molecule has 1 heterocycles. The Morgan fingerprint density at radius 1 is 1.25 bits per heavy atom. The van der Waals surface area contributed by atoms with Crippen LogP contribution in [-0.4, -0.2) is 24.5 Å². The van der Waals surface area contributed by atoms with E-state index in [1.807, 2.05) is 0 Å². The van der Waals surface area contributed by atoms with Crippen molar-refractivity contribution >= 4 is 21.7 Å². The van der Waals surface area contributed by atoms with Gasteiger partial charge in [0.1, 0.15) is 5.82 Å². The molecular formula is C12H9FN2O4S. The molecule has 8 heteroatoms. The first kappa shape index (κ1) is 13.9. The fourth-order valence-electron chi connectivity index (χ4n) is 1.47. The van der Waals surface area contributed by atoms with Crippen molar-refractivity contribution in [2.24, 2.45) is 0 Å². The third kappa shape index (κ3) is 2.91. The molecule has 0 fully saturated rings. The summed E-state index contributed by atoms with van der Waals surface area (Å²) in [6.45, 7) is 0. The number of carboxylic acids is 1. The first-order valence-corrected chi connectivity index (χ1v) is 6.85. The summed E-state index contributed by atoms with van der Waals surface area (Å²) < 4.78 is 39.4. The molecule has 0 bridgehead atoms. The molecule has 1 aromatic heterocycles. The van der Waals surface area contributed by atoms with Crippen LogP contribution in [0.25, 0.3) is 0 Å². The Morgan fingerprint density at radius 2 is 2.00 bits per heavy atom. The molecule has 20 heavy (non-hydrogen) atoms. The topological polar surface area (TPSA) is 96.4 Å². The SMILES string of the molecule is O=C(O)c1ccc(NS(=O)(=O)c2ccccn2)cc1F. The van der Waals surface area contributed by atoms with Crippen LogP contribution in [0, 0.1) is 5.82 Å². The Bertz CT molecular complexity index is 747. The van der Waals surface area contributed by atoms with Crippen LogP contribution in [0.3, 0.4) is 0 Å². The summed E-state index contributed by atoms with van der Waals surface area (Å²) in [6, 6.07) is 7.27. The molecule has 2 rings (SSSR count). The lowest BCUT2D eigenvalue weighted by molar-refractivity contribution is 0.0692. The Labute approximate surface area is 114 Å². The molecular weight excluding hydrogens is 287 g/mol. The van der Waals surface area contributed by atoms with Crippen molar-refractivity contribution in [1.82, 2.24) is 4.98 Å². The van der Waals surface area contributed by atoms with Crippen LogP contribution in [0.15, 0.2) is 47.6 Å². The van der Waals surface area contributed by atoms with E-state index < -0.39 is 27.4 Å². The van der Waals surface area contributed by atoms with E-state index >= 15 is 0 Å². The maximum absolute atomic E-state index is 13.4. The van der Waals surface area contributed by atoms with Crippen molar-refractivity contribution in [3.8, 4) is 0 Å². The summed E-state index contributed by atoms with van der Waals surface area (Å²) in [5.74, 6) is -2.46. The van der Waals surface area contributed by atoms with Gasteiger partial charge in [-0.15, -0.1) is 0 Å². The molecule has 0 spiro atoms. The maximum Gasteiger partial charge on any atom is 0.338 e. The van der Waals surface area contributed by atoms with E-state index in [0.29, 0.717) is 0 Å². The first-order valence-electron chi connectivity index (χ1n) is 5.37. The third-order valence-corrected chi connectivity index (χ3v) is 3.66. The van der Waals surface area contributed by atoms with Gasteiger partial charge in [-0.25, -0.2) is 14.2 Å². The lowest BCUT2D eigenvalue weighted by Crippen LogP contribution is -2.14. The van der Waals surface area contributed by atoms with Gasteiger partial charge in [0.2, 0.25) is 0 Å². The minimum absolute atomic E-state index is 0.0850. The number of hydrogen-bond acceptors (Lipinski definition) is 4. The highest BCUT2D eigenvalue weighted by molar-refractivity contribution is 7.92.